The lowest BCUT2D eigenvalue weighted by molar-refractivity contribution is 0.398. The van der Waals surface area contributed by atoms with Crippen molar-refractivity contribution in [2.75, 3.05) is 11.8 Å². The molecule has 0 unspecified atom stereocenters. The lowest BCUT2D eigenvalue weighted by Crippen LogP contribution is -2.15. The number of sulfonamides is 1. The molecule has 2 aromatic rings. The molecule has 0 aliphatic carbocycles. The van der Waals surface area contributed by atoms with E-state index in [1.165, 1.54) is 19.2 Å². The van der Waals surface area contributed by atoms with Gasteiger partial charge in [-0.15, -0.1) is 0 Å². The molecule has 1 N–H and O–H groups in total. The number of nitrogens with zero attached hydrogens (tertiary/aromatic N) is 3. The number of methoxy groups -OCH3 is 1. The second-order valence-electron chi connectivity index (χ2n) is 4.64. The average Bonchev–Trinajstić information content (AvgIpc) is 2.72. The lowest BCUT2D eigenvalue weighted by Gasteiger charge is -2.10. The van der Waals surface area contributed by atoms with Crippen molar-refractivity contribution in [1.29, 1.82) is 0 Å². The van der Waals surface area contributed by atoms with Gasteiger partial charge in [0.05, 0.1) is 24.2 Å². The zero-order chi connectivity index (χ0) is 16.5. The molecule has 0 saturated carbocycles. The van der Waals surface area contributed by atoms with Crippen LogP contribution in [0.3, 0.4) is 0 Å². The summed E-state index contributed by atoms with van der Waals surface area (Å²) < 4.78 is 34.3. The molecule has 2 heterocycles. The van der Waals surface area contributed by atoms with Gasteiger partial charge in [-0.2, -0.15) is 5.10 Å². The zero-order valence-electron chi connectivity index (χ0n) is 12.7. The number of aryl methyl sites for hydroxylation is 2. The van der Waals surface area contributed by atoms with Crippen molar-refractivity contribution in [1.82, 2.24) is 14.8 Å². The van der Waals surface area contributed by atoms with E-state index >= 15 is 0 Å². The summed E-state index contributed by atoms with van der Waals surface area (Å²) in [7, 11) is -2.35. The topological polar surface area (TPSA) is 86.1 Å². The highest BCUT2D eigenvalue weighted by Gasteiger charge is 2.24. The molecule has 0 atom stereocenters. The van der Waals surface area contributed by atoms with Gasteiger partial charge in [-0.1, -0.05) is 11.6 Å². The van der Waals surface area contributed by atoms with Crippen LogP contribution < -0.4 is 9.46 Å². The van der Waals surface area contributed by atoms with E-state index in [0.29, 0.717) is 17.9 Å². The van der Waals surface area contributed by atoms with Gasteiger partial charge in [0.2, 0.25) is 5.88 Å². The molecular formula is C13H17ClN4O3S. The number of aromatic nitrogens is 3. The Morgan fingerprint density at radius 2 is 2.05 bits per heavy atom. The zero-order valence-corrected chi connectivity index (χ0v) is 14.3. The Morgan fingerprint density at radius 3 is 2.59 bits per heavy atom. The monoisotopic (exact) mass is 344 g/mol. The molecule has 0 radical (unpaired) electrons. The van der Waals surface area contributed by atoms with E-state index in [0.717, 1.165) is 0 Å². The van der Waals surface area contributed by atoms with E-state index in [1.54, 1.807) is 18.5 Å². The second-order valence-corrected chi connectivity index (χ2v) is 6.65. The van der Waals surface area contributed by atoms with E-state index < -0.39 is 10.0 Å². The fourth-order valence-electron chi connectivity index (χ4n) is 2.22. The van der Waals surface area contributed by atoms with Crippen LogP contribution in [-0.2, 0) is 16.6 Å². The maximum absolute atomic E-state index is 12.6. The van der Waals surface area contributed by atoms with Gasteiger partial charge in [0.15, 0.2) is 0 Å². The molecule has 0 aliphatic rings. The molecule has 0 aromatic carbocycles. The molecule has 0 aliphatic heterocycles. The minimum Gasteiger partial charge on any atom is -0.481 e. The third-order valence-corrected chi connectivity index (χ3v) is 4.94. The van der Waals surface area contributed by atoms with Crippen LogP contribution in [0, 0.1) is 13.8 Å². The van der Waals surface area contributed by atoms with Gasteiger partial charge in [-0.3, -0.25) is 9.40 Å². The Bertz CT molecular complexity index is 802. The van der Waals surface area contributed by atoms with Gasteiger partial charge in [-0.25, -0.2) is 13.4 Å². The van der Waals surface area contributed by atoms with Crippen LogP contribution in [0.2, 0.25) is 5.15 Å². The first kappa shape index (κ1) is 16.6. The number of nitrogens with one attached hydrogen (secondary N) is 1. The van der Waals surface area contributed by atoms with Crippen molar-refractivity contribution < 1.29 is 13.2 Å². The number of halogens is 1. The number of rotatable bonds is 5. The maximum atomic E-state index is 12.6. The minimum absolute atomic E-state index is 0.134. The predicted octanol–water partition coefficient (Wildman–Crippen LogP) is 2.38. The Hall–Kier alpha value is -1.80. The molecule has 7 nitrogen and oxygen atoms in total. The molecule has 22 heavy (non-hydrogen) atoms. The lowest BCUT2D eigenvalue weighted by atomic mass is 10.4. The van der Waals surface area contributed by atoms with Crippen LogP contribution in [0.1, 0.15) is 18.3 Å². The van der Waals surface area contributed by atoms with Crippen molar-refractivity contribution in [3.05, 3.63) is 28.7 Å². The molecule has 120 valence electrons. The summed E-state index contributed by atoms with van der Waals surface area (Å²) >= 11 is 5.85. The molecule has 9 heteroatoms. The number of ether oxygens (including phenoxy) is 1. The Labute approximate surface area is 134 Å². The fraction of sp³-hybridized carbons (Fsp3) is 0.385. The van der Waals surface area contributed by atoms with E-state index in [1.807, 2.05) is 6.92 Å². The van der Waals surface area contributed by atoms with Crippen molar-refractivity contribution in [3.63, 3.8) is 0 Å². The largest absolute Gasteiger partial charge is 0.481 e. The Morgan fingerprint density at radius 1 is 1.36 bits per heavy atom. The van der Waals surface area contributed by atoms with Gasteiger partial charge in [0.1, 0.15) is 10.0 Å². The molecule has 0 fully saturated rings. The number of hydrogen-bond acceptors (Lipinski definition) is 5. The van der Waals surface area contributed by atoms with Crippen LogP contribution in [0.15, 0.2) is 17.0 Å². The molecule has 2 aromatic heterocycles. The summed E-state index contributed by atoms with van der Waals surface area (Å²) in [5, 5.41) is 4.36. The third kappa shape index (κ3) is 3.17. The quantitative estimate of drug-likeness (QED) is 0.841. The first-order chi connectivity index (χ1) is 10.3. The summed E-state index contributed by atoms with van der Waals surface area (Å²) in [6.07, 6.45) is 0. The van der Waals surface area contributed by atoms with Gasteiger partial charge in [0.25, 0.3) is 10.0 Å². The van der Waals surface area contributed by atoms with Crippen molar-refractivity contribution in [2.45, 2.75) is 32.2 Å². The Kier molecular flexibility index (Phi) is 4.62. The SMILES string of the molecule is CCn1nc(C)c(S(=O)(=O)Nc2cc(Cl)nc(OC)c2)c1C. The summed E-state index contributed by atoms with van der Waals surface area (Å²) in [6, 6.07) is 2.87. The van der Waals surface area contributed by atoms with E-state index in [4.69, 9.17) is 16.3 Å². The van der Waals surface area contributed by atoms with Gasteiger partial charge >= 0.3 is 0 Å². The summed E-state index contributed by atoms with van der Waals surface area (Å²) in [5.41, 5.74) is 1.30. The van der Waals surface area contributed by atoms with Crippen LogP contribution in [0.25, 0.3) is 0 Å². The van der Waals surface area contributed by atoms with Crippen LogP contribution in [0.4, 0.5) is 5.69 Å². The summed E-state index contributed by atoms with van der Waals surface area (Å²) in [4.78, 5) is 4.07. The summed E-state index contributed by atoms with van der Waals surface area (Å²) in [6.45, 7) is 5.87. The molecule has 0 spiro atoms. The molecule has 2 rings (SSSR count). The molecule has 0 bridgehead atoms. The third-order valence-electron chi connectivity index (χ3n) is 3.12. The molecular weight excluding hydrogens is 328 g/mol. The molecule has 0 saturated heterocycles. The van der Waals surface area contributed by atoms with E-state index in [9.17, 15) is 8.42 Å². The standard InChI is InChI=1S/C13H17ClN4O3S/c1-5-18-9(3)13(8(2)16-18)22(19,20)17-10-6-11(14)15-12(7-10)21-4/h6-7H,5H2,1-4H3,(H,15,17). The highest BCUT2D eigenvalue weighted by molar-refractivity contribution is 7.92. The predicted molar refractivity (Wildman–Crippen MR) is 84.0 cm³/mol. The molecule has 0 amide bonds. The second kappa shape index (κ2) is 6.13. The normalized spacial score (nSPS) is 11.5. The van der Waals surface area contributed by atoms with E-state index in [2.05, 4.69) is 14.8 Å². The van der Waals surface area contributed by atoms with Crippen molar-refractivity contribution >= 4 is 27.3 Å². The number of hydrogen-bond donors (Lipinski definition) is 1. The summed E-state index contributed by atoms with van der Waals surface area (Å²) in [5.74, 6) is 0.225. The minimum atomic E-state index is -3.78. The van der Waals surface area contributed by atoms with Crippen LogP contribution in [0.5, 0.6) is 5.88 Å². The average molecular weight is 345 g/mol. The van der Waals surface area contributed by atoms with Gasteiger partial charge in [0, 0.05) is 12.6 Å². The first-order valence-electron chi connectivity index (χ1n) is 6.57. The van der Waals surface area contributed by atoms with Crippen LogP contribution >= 0.6 is 11.6 Å². The van der Waals surface area contributed by atoms with Gasteiger partial charge < -0.3 is 4.74 Å². The Balaban J connectivity index is 2.44. The number of anilines is 1. The van der Waals surface area contributed by atoms with Crippen molar-refractivity contribution in [3.8, 4) is 5.88 Å². The highest BCUT2D eigenvalue weighted by atomic mass is 35.5. The van der Waals surface area contributed by atoms with E-state index in [-0.39, 0.29) is 21.6 Å². The number of pyridine rings is 1. The highest BCUT2D eigenvalue weighted by Crippen LogP contribution is 2.25. The van der Waals surface area contributed by atoms with Crippen molar-refractivity contribution in [2.24, 2.45) is 0 Å². The fourth-order valence-corrected chi connectivity index (χ4v) is 3.87. The van der Waals surface area contributed by atoms with Crippen LogP contribution in [-0.4, -0.2) is 30.3 Å². The first-order valence-corrected chi connectivity index (χ1v) is 8.43. The maximum Gasteiger partial charge on any atom is 0.265 e. The van der Waals surface area contributed by atoms with Gasteiger partial charge in [-0.05, 0) is 26.8 Å². The smallest absolute Gasteiger partial charge is 0.265 e.